The highest BCUT2D eigenvalue weighted by Crippen LogP contribution is 2.08. The zero-order valence-electron chi connectivity index (χ0n) is 12.0. The SMILES string of the molecule is CNCC(=O)N[C@H](CCc1ccccc1)CC(=O)OC. The maximum atomic E-state index is 11.6. The van der Waals surface area contributed by atoms with Crippen molar-refractivity contribution in [3.8, 4) is 0 Å². The highest BCUT2D eigenvalue weighted by atomic mass is 16.5. The lowest BCUT2D eigenvalue weighted by atomic mass is 10.0. The summed E-state index contributed by atoms with van der Waals surface area (Å²) in [5, 5.41) is 5.64. The van der Waals surface area contributed by atoms with Crippen LogP contribution in [0.25, 0.3) is 0 Å². The molecule has 110 valence electrons. The number of hydrogen-bond acceptors (Lipinski definition) is 4. The first kappa shape index (κ1) is 16.2. The van der Waals surface area contributed by atoms with E-state index in [-0.39, 0.29) is 30.9 Å². The van der Waals surface area contributed by atoms with Crippen molar-refractivity contribution in [2.75, 3.05) is 20.7 Å². The van der Waals surface area contributed by atoms with Crippen LogP contribution >= 0.6 is 0 Å². The molecule has 0 aliphatic heterocycles. The van der Waals surface area contributed by atoms with Gasteiger partial charge in [0.1, 0.15) is 0 Å². The van der Waals surface area contributed by atoms with Gasteiger partial charge < -0.3 is 15.4 Å². The highest BCUT2D eigenvalue weighted by molar-refractivity contribution is 5.79. The molecular weight excluding hydrogens is 256 g/mol. The Hall–Kier alpha value is -1.88. The molecule has 1 rings (SSSR count). The van der Waals surface area contributed by atoms with Crippen LogP contribution in [0.5, 0.6) is 0 Å². The number of amides is 1. The Morgan fingerprint density at radius 3 is 2.55 bits per heavy atom. The van der Waals surface area contributed by atoms with Gasteiger partial charge in [-0.3, -0.25) is 9.59 Å². The van der Waals surface area contributed by atoms with Crippen LogP contribution in [0.1, 0.15) is 18.4 Å². The molecule has 0 spiro atoms. The van der Waals surface area contributed by atoms with Gasteiger partial charge in [-0.25, -0.2) is 0 Å². The van der Waals surface area contributed by atoms with Gasteiger partial charge in [0.2, 0.25) is 5.91 Å². The molecule has 1 atom stereocenters. The zero-order chi connectivity index (χ0) is 14.8. The molecule has 1 aromatic rings. The van der Waals surface area contributed by atoms with Crippen LogP contribution in [0, 0.1) is 0 Å². The molecule has 1 amide bonds. The van der Waals surface area contributed by atoms with Gasteiger partial charge in [-0.1, -0.05) is 30.3 Å². The number of carbonyl (C=O) groups is 2. The number of rotatable bonds is 8. The van der Waals surface area contributed by atoms with E-state index in [1.54, 1.807) is 7.05 Å². The van der Waals surface area contributed by atoms with Crippen LogP contribution in [-0.2, 0) is 20.7 Å². The first-order valence-corrected chi connectivity index (χ1v) is 6.70. The van der Waals surface area contributed by atoms with Gasteiger partial charge in [0.25, 0.3) is 0 Å². The van der Waals surface area contributed by atoms with Gasteiger partial charge in [-0.2, -0.15) is 0 Å². The van der Waals surface area contributed by atoms with Crippen LogP contribution in [-0.4, -0.2) is 38.6 Å². The third-order valence-corrected chi connectivity index (χ3v) is 2.97. The summed E-state index contributed by atoms with van der Waals surface area (Å²) in [5.41, 5.74) is 1.19. The largest absolute Gasteiger partial charge is 0.469 e. The highest BCUT2D eigenvalue weighted by Gasteiger charge is 2.16. The number of ether oxygens (including phenoxy) is 1. The monoisotopic (exact) mass is 278 g/mol. The number of likely N-dealkylation sites (N-methyl/N-ethyl adjacent to an activating group) is 1. The van der Waals surface area contributed by atoms with E-state index in [0.29, 0.717) is 6.42 Å². The van der Waals surface area contributed by atoms with Gasteiger partial charge in [0.05, 0.1) is 20.1 Å². The Morgan fingerprint density at radius 1 is 1.25 bits per heavy atom. The van der Waals surface area contributed by atoms with E-state index < -0.39 is 0 Å². The number of carbonyl (C=O) groups excluding carboxylic acids is 2. The number of methoxy groups -OCH3 is 1. The van der Waals surface area contributed by atoms with Crippen LogP contribution in [0.15, 0.2) is 30.3 Å². The zero-order valence-corrected chi connectivity index (χ0v) is 12.0. The third-order valence-electron chi connectivity index (χ3n) is 2.97. The number of esters is 1. The second-order valence-corrected chi connectivity index (χ2v) is 4.60. The summed E-state index contributed by atoms with van der Waals surface area (Å²) >= 11 is 0. The molecule has 0 fully saturated rings. The number of hydrogen-bond donors (Lipinski definition) is 2. The first-order chi connectivity index (χ1) is 9.65. The van der Waals surface area contributed by atoms with Crippen molar-refractivity contribution < 1.29 is 14.3 Å². The van der Waals surface area contributed by atoms with Gasteiger partial charge >= 0.3 is 5.97 Å². The molecule has 5 heteroatoms. The fourth-order valence-electron chi connectivity index (χ4n) is 1.93. The van der Waals surface area contributed by atoms with Crippen molar-refractivity contribution >= 4 is 11.9 Å². The molecule has 0 aliphatic carbocycles. The van der Waals surface area contributed by atoms with Crippen molar-refractivity contribution in [3.63, 3.8) is 0 Å². The smallest absolute Gasteiger partial charge is 0.307 e. The number of benzene rings is 1. The Morgan fingerprint density at radius 2 is 1.95 bits per heavy atom. The minimum Gasteiger partial charge on any atom is -0.469 e. The lowest BCUT2D eigenvalue weighted by Crippen LogP contribution is -2.41. The van der Waals surface area contributed by atoms with Crippen LogP contribution < -0.4 is 10.6 Å². The lowest BCUT2D eigenvalue weighted by molar-refractivity contribution is -0.141. The van der Waals surface area contributed by atoms with Crippen molar-refractivity contribution in [1.82, 2.24) is 10.6 Å². The molecule has 0 unspecified atom stereocenters. The molecule has 0 aromatic heterocycles. The molecule has 2 N–H and O–H groups in total. The Bertz CT molecular complexity index is 420. The summed E-state index contributed by atoms with van der Waals surface area (Å²) in [6.07, 6.45) is 1.70. The van der Waals surface area contributed by atoms with Gasteiger partial charge in [0, 0.05) is 6.04 Å². The summed E-state index contributed by atoms with van der Waals surface area (Å²) in [6, 6.07) is 9.77. The topological polar surface area (TPSA) is 67.4 Å². The van der Waals surface area contributed by atoms with Gasteiger partial charge in [-0.05, 0) is 25.5 Å². The number of nitrogens with one attached hydrogen (secondary N) is 2. The lowest BCUT2D eigenvalue weighted by Gasteiger charge is -2.17. The Balaban J connectivity index is 2.53. The molecule has 0 aliphatic rings. The van der Waals surface area contributed by atoms with E-state index in [1.807, 2.05) is 30.3 Å². The third kappa shape index (κ3) is 6.33. The normalized spacial score (nSPS) is 11.7. The van der Waals surface area contributed by atoms with E-state index in [4.69, 9.17) is 0 Å². The van der Waals surface area contributed by atoms with Crippen LogP contribution in [0.3, 0.4) is 0 Å². The minimum atomic E-state index is -0.312. The van der Waals surface area contributed by atoms with Crippen molar-refractivity contribution in [2.24, 2.45) is 0 Å². The Labute approximate surface area is 119 Å². The molecule has 20 heavy (non-hydrogen) atoms. The summed E-state index contributed by atoms with van der Waals surface area (Å²) < 4.78 is 4.67. The molecular formula is C15H22N2O3. The van der Waals surface area contributed by atoms with Crippen molar-refractivity contribution in [2.45, 2.75) is 25.3 Å². The second-order valence-electron chi connectivity index (χ2n) is 4.60. The standard InChI is InChI=1S/C15H22N2O3/c1-16-11-14(18)17-13(10-15(19)20-2)9-8-12-6-4-3-5-7-12/h3-7,13,16H,8-11H2,1-2H3,(H,17,18)/t13-/m1/s1. The summed E-state index contributed by atoms with van der Waals surface area (Å²) in [4.78, 5) is 23.0. The van der Waals surface area contributed by atoms with Gasteiger partial charge in [-0.15, -0.1) is 0 Å². The average molecular weight is 278 g/mol. The van der Waals surface area contributed by atoms with E-state index in [9.17, 15) is 9.59 Å². The van der Waals surface area contributed by atoms with E-state index in [1.165, 1.54) is 12.7 Å². The average Bonchev–Trinajstić information content (AvgIpc) is 2.46. The molecule has 0 radical (unpaired) electrons. The predicted octanol–water partition coefficient (Wildman–Crippen LogP) is 0.886. The molecule has 5 nitrogen and oxygen atoms in total. The minimum absolute atomic E-state index is 0.116. The van der Waals surface area contributed by atoms with Crippen molar-refractivity contribution in [1.29, 1.82) is 0 Å². The molecule has 0 saturated carbocycles. The maximum absolute atomic E-state index is 11.6. The summed E-state index contributed by atoms with van der Waals surface area (Å²) in [7, 11) is 3.06. The molecule has 0 saturated heterocycles. The molecule has 0 heterocycles. The quantitative estimate of drug-likeness (QED) is 0.693. The predicted molar refractivity (Wildman–Crippen MR) is 77.3 cm³/mol. The fourth-order valence-corrected chi connectivity index (χ4v) is 1.93. The Kier molecular flexibility index (Phi) is 7.35. The van der Waals surface area contributed by atoms with Crippen molar-refractivity contribution in [3.05, 3.63) is 35.9 Å². The summed E-state index contributed by atoms with van der Waals surface area (Å²) in [5.74, 6) is -0.428. The first-order valence-electron chi connectivity index (χ1n) is 6.70. The maximum Gasteiger partial charge on any atom is 0.307 e. The van der Waals surface area contributed by atoms with E-state index in [0.717, 1.165) is 6.42 Å². The number of aryl methyl sites for hydroxylation is 1. The molecule has 1 aromatic carbocycles. The fraction of sp³-hybridized carbons (Fsp3) is 0.467. The van der Waals surface area contributed by atoms with Crippen LogP contribution in [0.2, 0.25) is 0 Å². The molecule has 0 bridgehead atoms. The summed E-state index contributed by atoms with van der Waals surface area (Å²) in [6.45, 7) is 0.239. The van der Waals surface area contributed by atoms with E-state index in [2.05, 4.69) is 15.4 Å². The van der Waals surface area contributed by atoms with Crippen LogP contribution in [0.4, 0.5) is 0 Å². The van der Waals surface area contributed by atoms with E-state index >= 15 is 0 Å². The second kappa shape index (κ2) is 9.09. The van der Waals surface area contributed by atoms with Gasteiger partial charge in [0.15, 0.2) is 0 Å².